The Morgan fingerprint density at radius 1 is 1.09 bits per heavy atom. The number of ether oxygens (including phenoxy) is 3. The Morgan fingerprint density at radius 3 is 2.18 bits per heavy atom. The minimum absolute atomic E-state index is 0.0961. The summed E-state index contributed by atoms with van der Waals surface area (Å²) in [6.45, 7) is 4.99. The maximum absolute atomic E-state index is 12.1. The minimum atomic E-state index is -3.97. The molecule has 0 saturated carbocycles. The second-order valence-electron chi connectivity index (χ2n) is 5.25. The highest BCUT2D eigenvalue weighted by Crippen LogP contribution is 2.29. The molecule has 1 aromatic carbocycles. The molecule has 0 radical (unpaired) electrons. The molecule has 0 aliphatic rings. The van der Waals surface area contributed by atoms with E-state index < -0.39 is 21.7 Å². The van der Waals surface area contributed by atoms with E-state index in [0.29, 0.717) is 5.75 Å². The number of amides is 1. The second-order valence-corrected chi connectivity index (χ2v) is 6.93. The first-order chi connectivity index (χ1) is 10.1. The van der Waals surface area contributed by atoms with Crippen LogP contribution in [0.5, 0.6) is 11.5 Å². The summed E-state index contributed by atoms with van der Waals surface area (Å²) in [5.74, 6) is 0.643. The van der Waals surface area contributed by atoms with Crippen LogP contribution >= 0.6 is 0 Å². The number of nitrogens with one attached hydrogen (secondary N) is 2. The maximum Gasteiger partial charge on any atom is 0.423 e. The zero-order chi connectivity index (χ0) is 17.0. The first kappa shape index (κ1) is 18.1. The number of hydrazine groups is 1. The van der Waals surface area contributed by atoms with Gasteiger partial charge in [0.25, 0.3) is 10.0 Å². The lowest BCUT2D eigenvalue weighted by Crippen LogP contribution is -2.44. The molecule has 1 aromatic rings. The molecule has 0 fully saturated rings. The molecule has 9 heteroatoms. The summed E-state index contributed by atoms with van der Waals surface area (Å²) < 4.78 is 39.2. The molecule has 0 unspecified atom stereocenters. The summed E-state index contributed by atoms with van der Waals surface area (Å²) in [5.41, 5.74) is 1.24. The Balaban J connectivity index is 2.85. The number of carbonyl (C=O) groups excluding carboxylic acids is 1. The molecule has 124 valence electrons. The van der Waals surface area contributed by atoms with Gasteiger partial charge in [-0.2, -0.15) is 0 Å². The van der Waals surface area contributed by atoms with Crippen LogP contribution in [0.2, 0.25) is 0 Å². The van der Waals surface area contributed by atoms with Crippen LogP contribution in [0.4, 0.5) is 4.79 Å². The minimum Gasteiger partial charge on any atom is -0.493 e. The van der Waals surface area contributed by atoms with Crippen LogP contribution in [-0.4, -0.2) is 34.3 Å². The van der Waals surface area contributed by atoms with Crippen LogP contribution in [0.1, 0.15) is 20.8 Å². The molecule has 0 heterocycles. The number of carbonyl (C=O) groups is 1. The zero-order valence-corrected chi connectivity index (χ0v) is 13.9. The number of benzene rings is 1. The van der Waals surface area contributed by atoms with E-state index in [-0.39, 0.29) is 10.6 Å². The molecule has 0 atom stereocenters. The molecular formula is C13H20N2O6S. The molecule has 0 saturated heterocycles. The van der Waals surface area contributed by atoms with Gasteiger partial charge in [-0.3, -0.25) is 0 Å². The Bertz CT molecular complexity index is 636. The third-order valence-corrected chi connectivity index (χ3v) is 3.60. The van der Waals surface area contributed by atoms with E-state index in [1.165, 1.54) is 32.4 Å². The first-order valence-electron chi connectivity index (χ1n) is 6.32. The van der Waals surface area contributed by atoms with Gasteiger partial charge in [0, 0.05) is 6.07 Å². The number of methoxy groups -OCH3 is 2. The smallest absolute Gasteiger partial charge is 0.423 e. The highest BCUT2D eigenvalue weighted by atomic mass is 32.2. The Labute approximate surface area is 129 Å². The summed E-state index contributed by atoms with van der Waals surface area (Å²) in [4.78, 5) is 13.3. The van der Waals surface area contributed by atoms with E-state index in [0.717, 1.165) is 0 Å². The van der Waals surface area contributed by atoms with Gasteiger partial charge in [-0.1, -0.05) is 0 Å². The fourth-order valence-electron chi connectivity index (χ4n) is 1.46. The molecule has 22 heavy (non-hydrogen) atoms. The van der Waals surface area contributed by atoms with Crippen LogP contribution in [-0.2, 0) is 14.8 Å². The van der Waals surface area contributed by atoms with E-state index in [9.17, 15) is 13.2 Å². The second kappa shape index (κ2) is 6.84. The first-order valence-corrected chi connectivity index (χ1v) is 7.80. The monoisotopic (exact) mass is 332 g/mol. The lowest BCUT2D eigenvalue weighted by Gasteiger charge is -2.19. The van der Waals surface area contributed by atoms with Crippen molar-refractivity contribution in [3.05, 3.63) is 18.2 Å². The van der Waals surface area contributed by atoms with Crippen LogP contribution in [0, 0.1) is 0 Å². The summed E-state index contributed by atoms with van der Waals surface area (Å²) in [7, 11) is -1.14. The summed E-state index contributed by atoms with van der Waals surface area (Å²) in [6.07, 6.45) is -0.906. The highest BCUT2D eigenvalue weighted by molar-refractivity contribution is 7.89. The Morgan fingerprint density at radius 2 is 1.68 bits per heavy atom. The van der Waals surface area contributed by atoms with Gasteiger partial charge in [0.05, 0.1) is 19.1 Å². The largest absolute Gasteiger partial charge is 0.493 e. The van der Waals surface area contributed by atoms with Crippen molar-refractivity contribution in [1.29, 1.82) is 0 Å². The molecular weight excluding hydrogens is 312 g/mol. The normalized spacial score (nSPS) is 11.7. The van der Waals surface area contributed by atoms with Gasteiger partial charge in [0.15, 0.2) is 11.5 Å². The summed E-state index contributed by atoms with van der Waals surface area (Å²) in [6, 6.07) is 4.04. The molecule has 0 bridgehead atoms. The highest BCUT2D eigenvalue weighted by Gasteiger charge is 2.20. The van der Waals surface area contributed by atoms with Crippen molar-refractivity contribution in [3.63, 3.8) is 0 Å². The SMILES string of the molecule is COc1ccc(S(=O)(=O)NNC(=O)OC(C)(C)C)cc1OC. The fraction of sp³-hybridized carbons (Fsp3) is 0.462. The van der Waals surface area contributed by atoms with E-state index in [1.54, 1.807) is 20.8 Å². The standard InChI is InChI=1S/C13H20N2O6S/c1-13(2,3)21-12(16)14-15-22(17,18)9-6-7-10(19-4)11(8-9)20-5/h6-8,15H,1-5H3,(H,14,16). The van der Waals surface area contributed by atoms with E-state index in [4.69, 9.17) is 14.2 Å². The van der Waals surface area contributed by atoms with Gasteiger partial charge in [-0.15, -0.1) is 4.83 Å². The fourth-order valence-corrected chi connectivity index (χ4v) is 2.30. The Hall–Kier alpha value is -2.00. The number of rotatable bonds is 5. The molecule has 0 aliphatic heterocycles. The van der Waals surface area contributed by atoms with E-state index in [1.807, 2.05) is 10.3 Å². The number of hydrogen-bond donors (Lipinski definition) is 2. The number of sulfonamides is 1. The van der Waals surface area contributed by atoms with E-state index in [2.05, 4.69) is 0 Å². The van der Waals surface area contributed by atoms with Crippen LogP contribution in [0.25, 0.3) is 0 Å². The topological polar surface area (TPSA) is 103 Å². The summed E-state index contributed by atoms with van der Waals surface area (Å²) >= 11 is 0. The molecule has 0 aromatic heterocycles. The average Bonchev–Trinajstić information content (AvgIpc) is 2.42. The van der Waals surface area contributed by atoms with Crippen LogP contribution in [0.3, 0.4) is 0 Å². The van der Waals surface area contributed by atoms with Crippen molar-refractivity contribution in [2.75, 3.05) is 14.2 Å². The Kier molecular flexibility index (Phi) is 5.61. The number of hydrogen-bond acceptors (Lipinski definition) is 6. The third kappa shape index (κ3) is 5.08. The van der Waals surface area contributed by atoms with Crippen molar-refractivity contribution in [2.24, 2.45) is 0 Å². The lowest BCUT2D eigenvalue weighted by molar-refractivity contribution is 0.0515. The molecule has 8 nitrogen and oxygen atoms in total. The zero-order valence-electron chi connectivity index (χ0n) is 13.1. The van der Waals surface area contributed by atoms with Crippen LogP contribution in [0.15, 0.2) is 23.1 Å². The van der Waals surface area contributed by atoms with Crippen molar-refractivity contribution < 1.29 is 27.4 Å². The quantitative estimate of drug-likeness (QED) is 0.791. The van der Waals surface area contributed by atoms with Gasteiger partial charge >= 0.3 is 6.09 Å². The predicted molar refractivity (Wildman–Crippen MR) is 79.2 cm³/mol. The predicted octanol–water partition coefficient (Wildman–Crippen LogP) is 1.42. The van der Waals surface area contributed by atoms with Crippen LogP contribution < -0.4 is 19.7 Å². The van der Waals surface area contributed by atoms with Gasteiger partial charge < -0.3 is 14.2 Å². The van der Waals surface area contributed by atoms with Gasteiger partial charge in [-0.25, -0.2) is 18.6 Å². The van der Waals surface area contributed by atoms with Gasteiger partial charge in [-0.05, 0) is 32.9 Å². The molecule has 1 amide bonds. The molecule has 0 spiro atoms. The van der Waals surface area contributed by atoms with Crippen molar-refractivity contribution in [2.45, 2.75) is 31.3 Å². The van der Waals surface area contributed by atoms with E-state index >= 15 is 0 Å². The molecule has 1 rings (SSSR count). The molecule has 0 aliphatic carbocycles. The van der Waals surface area contributed by atoms with Crippen molar-refractivity contribution >= 4 is 16.1 Å². The van der Waals surface area contributed by atoms with Crippen molar-refractivity contribution in [3.8, 4) is 11.5 Å². The van der Waals surface area contributed by atoms with Crippen molar-refractivity contribution in [1.82, 2.24) is 10.3 Å². The average molecular weight is 332 g/mol. The third-order valence-electron chi connectivity index (χ3n) is 2.35. The van der Waals surface area contributed by atoms with Gasteiger partial charge in [0.2, 0.25) is 0 Å². The summed E-state index contributed by atoms with van der Waals surface area (Å²) in [5, 5.41) is 0. The molecule has 2 N–H and O–H groups in total. The lowest BCUT2D eigenvalue weighted by atomic mass is 10.2. The maximum atomic E-state index is 12.1. The van der Waals surface area contributed by atoms with Gasteiger partial charge in [0.1, 0.15) is 5.60 Å².